The van der Waals surface area contributed by atoms with Gasteiger partial charge in [-0.2, -0.15) is 0 Å². The molecule has 29 heavy (non-hydrogen) atoms. The summed E-state index contributed by atoms with van der Waals surface area (Å²) < 4.78 is 4.90. The molecule has 2 aromatic rings. The molecular formula is C22H27N3O4. The van der Waals surface area contributed by atoms with Crippen molar-refractivity contribution in [3.63, 3.8) is 0 Å². The number of benzene rings is 2. The minimum atomic E-state index is -0.557. The van der Waals surface area contributed by atoms with Crippen LogP contribution in [-0.4, -0.2) is 48.6 Å². The van der Waals surface area contributed by atoms with E-state index >= 15 is 0 Å². The Labute approximate surface area is 171 Å². The molecule has 0 unspecified atom stereocenters. The van der Waals surface area contributed by atoms with Gasteiger partial charge in [-0.15, -0.1) is 0 Å². The topological polar surface area (TPSA) is 75.9 Å². The summed E-state index contributed by atoms with van der Waals surface area (Å²) in [5.41, 5.74) is 2.09. The van der Waals surface area contributed by atoms with Crippen LogP contribution in [0.4, 0.5) is 11.4 Å². The fraction of sp³-hybridized carbons (Fsp3) is 0.409. The Hall–Kier alpha value is -2.93. The van der Waals surface area contributed by atoms with Crippen molar-refractivity contribution in [3.05, 3.63) is 69.8 Å². The van der Waals surface area contributed by atoms with Crippen LogP contribution in [-0.2, 0) is 11.3 Å². The summed E-state index contributed by atoms with van der Waals surface area (Å²) in [4.78, 5) is 27.6. The van der Waals surface area contributed by atoms with E-state index in [4.69, 9.17) is 4.74 Å². The molecule has 1 saturated heterocycles. The number of carbonyl (C=O) groups excluding carboxylic acids is 1. The molecule has 0 aromatic heterocycles. The average molecular weight is 397 g/mol. The highest BCUT2D eigenvalue weighted by atomic mass is 16.6. The average Bonchev–Trinajstić information content (AvgIpc) is 2.73. The maximum Gasteiger partial charge on any atom is 0.340 e. The SMILES string of the molecule is COC(=O)c1cc([N+](=O)[O-])ccc1N1CCN(Cc2ccccc2)C[C@H]1C(C)C. The minimum absolute atomic E-state index is 0.113. The highest BCUT2D eigenvalue weighted by Crippen LogP contribution is 2.31. The molecule has 0 bridgehead atoms. The molecule has 1 atom stereocenters. The monoisotopic (exact) mass is 397 g/mol. The Balaban J connectivity index is 1.88. The predicted molar refractivity (Wildman–Crippen MR) is 112 cm³/mol. The third-order valence-electron chi connectivity index (χ3n) is 5.43. The number of esters is 1. The van der Waals surface area contributed by atoms with Crippen LogP contribution in [0.5, 0.6) is 0 Å². The van der Waals surface area contributed by atoms with E-state index in [1.807, 2.05) is 18.2 Å². The first-order valence-electron chi connectivity index (χ1n) is 9.80. The van der Waals surface area contributed by atoms with Gasteiger partial charge in [-0.25, -0.2) is 4.79 Å². The number of piperazine rings is 1. The van der Waals surface area contributed by atoms with Crippen LogP contribution in [0.3, 0.4) is 0 Å². The van der Waals surface area contributed by atoms with E-state index in [1.54, 1.807) is 6.07 Å². The Morgan fingerprint density at radius 1 is 1.21 bits per heavy atom. The summed E-state index contributed by atoms with van der Waals surface area (Å²) in [7, 11) is 1.29. The van der Waals surface area contributed by atoms with E-state index in [9.17, 15) is 14.9 Å². The molecule has 1 heterocycles. The molecule has 0 amide bonds. The molecule has 154 valence electrons. The Morgan fingerprint density at radius 3 is 2.55 bits per heavy atom. The van der Waals surface area contributed by atoms with E-state index in [-0.39, 0.29) is 17.3 Å². The standard InChI is InChI=1S/C22H27N3O4/c1-16(2)21-15-23(14-17-7-5-4-6-8-17)11-12-24(21)20-10-9-18(25(27)28)13-19(20)22(26)29-3/h4-10,13,16,21H,11-12,14-15H2,1-3H3/t21-/m0/s1. The maximum absolute atomic E-state index is 12.4. The summed E-state index contributed by atoms with van der Waals surface area (Å²) in [6, 6.07) is 15.0. The van der Waals surface area contributed by atoms with E-state index in [0.717, 1.165) is 26.2 Å². The van der Waals surface area contributed by atoms with Crippen molar-refractivity contribution in [1.29, 1.82) is 0 Å². The zero-order valence-corrected chi connectivity index (χ0v) is 17.1. The number of carbonyl (C=O) groups is 1. The molecular weight excluding hydrogens is 370 g/mol. The van der Waals surface area contributed by atoms with Gasteiger partial charge < -0.3 is 9.64 Å². The number of methoxy groups -OCH3 is 1. The lowest BCUT2D eigenvalue weighted by molar-refractivity contribution is -0.384. The number of rotatable bonds is 6. The number of nitro benzene ring substituents is 1. The first kappa shape index (κ1) is 20.8. The Kier molecular flexibility index (Phi) is 6.49. The fourth-order valence-electron chi connectivity index (χ4n) is 3.89. The van der Waals surface area contributed by atoms with Crippen LogP contribution in [0.1, 0.15) is 29.8 Å². The zero-order valence-electron chi connectivity index (χ0n) is 17.1. The lowest BCUT2D eigenvalue weighted by atomic mass is 9.97. The third-order valence-corrected chi connectivity index (χ3v) is 5.43. The number of nitro groups is 1. The Bertz CT molecular complexity index is 870. The number of hydrogen-bond acceptors (Lipinski definition) is 6. The minimum Gasteiger partial charge on any atom is -0.465 e. The molecule has 1 fully saturated rings. The van der Waals surface area contributed by atoms with Crippen LogP contribution < -0.4 is 4.90 Å². The highest BCUT2D eigenvalue weighted by Gasteiger charge is 2.32. The number of nitrogens with zero attached hydrogens (tertiary/aromatic N) is 3. The third kappa shape index (κ3) is 4.74. The highest BCUT2D eigenvalue weighted by molar-refractivity contribution is 5.96. The van der Waals surface area contributed by atoms with E-state index < -0.39 is 10.9 Å². The number of non-ortho nitro benzene ring substituents is 1. The molecule has 7 heteroatoms. The maximum atomic E-state index is 12.4. The van der Waals surface area contributed by atoms with Crippen LogP contribution >= 0.6 is 0 Å². The first-order chi connectivity index (χ1) is 13.9. The molecule has 1 aliphatic rings. The lowest BCUT2D eigenvalue weighted by Gasteiger charge is -2.45. The van der Waals surface area contributed by atoms with Gasteiger partial charge in [0, 0.05) is 44.4 Å². The van der Waals surface area contributed by atoms with Crippen LogP contribution in [0, 0.1) is 16.0 Å². The number of ether oxygens (including phenoxy) is 1. The zero-order chi connectivity index (χ0) is 21.0. The predicted octanol–water partition coefficient (Wildman–Crippen LogP) is 3.73. The van der Waals surface area contributed by atoms with Gasteiger partial charge in [0.1, 0.15) is 0 Å². The lowest BCUT2D eigenvalue weighted by Crippen LogP contribution is -2.55. The van der Waals surface area contributed by atoms with Gasteiger partial charge in [0.05, 0.1) is 23.3 Å². The molecule has 0 aliphatic carbocycles. The van der Waals surface area contributed by atoms with Gasteiger partial charge in [0.25, 0.3) is 5.69 Å². The summed E-state index contributed by atoms with van der Waals surface area (Å²) in [5, 5.41) is 11.2. The molecule has 0 saturated carbocycles. The van der Waals surface area contributed by atoms with Crippen molar-refractivity contribution >= 4 is 17.3 Å². The van der Waals surface area contributed by atoms with E-state index in [1.165, 1.54) is 24.8 Å². The van der Waals surface area contributed by atoms with Crippen molar-refractivity contribution in [2.75, 3.05) is 31.6 Å². The van der Waals surface area contributed by atoms with Gasteiger partial charge in [0.2, 0.25) is 0 Å². The normalized spacial score (nSPS) is 17.4. The molecule has 0 radical (unpaired) electrons. The molecule has 3 rings (SSSR count). The molecule has 1 aliphatic heterocycles. The second kappa shape index (κ2) is 9.05. The first-order valence-corrected chi connectivity index (χ1v) is 9.80. The molecule has 2 aromatic carbocycles. The number of anilines is 1. The smallest absolute Gasteiger partial charge is 0.340 e. The summed E-state index contributed by atoms with van der Waals surface area (Å²) >= 11 is 0. The van der Waals surface area contributed by atoms with Crippen LogP contribution in [0.2, 0.25) is 0 Å². The summed E-state index contributed by atoms with van der Waals surface area (Å²) in [6.07, 6.45) is 0. The van der Waals surface area contributed by atoms with Crippen molar-refractivity contribution < 1.29 is 14.5 Å². The second-order valence-electron chi connectivity index (χ2n) is 7.68. The van der Waals surface area contributed by atoms with Crippen molar-refractivity contribution in [3.8, 4) is 0 Å². The molecule has 0 spiro atoms. The van der Waals surface area contributed by atoms with Gasteiger partial charge in [-0.3, -0.25) is 15.0 Å². The van der Waals surface area contributed by atoms with Crippen LogP contribution in [0.15, 0.2) is 48.5 Å². The quantitative estimate of drug-likeness (QED) is 0.420. The van der Waals surface area contributed by atoms with Gasteiger partial charge in [0.15, 0.2) is 0 Å². The number of hydrogen-bond donors (Lipinski definition) is 0. The molecule has 7 nitrogen and oxygen atoms in total. The van der Waals surface area contributed by atoms with Crippen molar-refractivity contribution in [2.24, 2.45) is 5.92 Å². The van der Waals surface area contributed by atoms with Gasteiger partial charge in [-0.1, -0.05) is 44.2 Å². The summed E-state index contributed by atoms with van der Waals surface area (Å²) in [6.45, 7) is 7.62. The van der Waals surface area contributed by atoms with E-state index in [2.05, 4.69) is 35.8 Å². The Morgan fingerprint density at radius 2 is 1.93 bits per heavy atom. The van der Waals surface area contributed by atoms with Crippen molar-refractivity contribution in [2.45, 2.75) is 26.4 Å². The molecule has 0 N–H and O–H groups in total. The fourth-order valence-corrected chi connectivity index (χ4v) is 3.89. The van der Waals surface area contributed by atoms with E-state index in [0.29, 0.717) is 11.6 Å². The summed E-state index contributed by atoms with van der Waals surface area (Å²) in [5.74, 6) is -0.216. The second-order valence-corrected chi connectivity index (χ2v) is 7.68. The van der Waals surface area contributed by atoms with Gasteiger partial charge >= 0.3 is 5.97 Å². The van der Waals surface area contributed by atoms with Gasteiger partial charge in [-0.05, 0) is 17.5 Å². The van der Waals surface area contributed by atoms with Crippen LogP contribution in [0.25, 0.3) is 0 Å². The van der Waals surface area contributed by atoms with Crippen molar-refractivity contribution in [1.82, 2.24) is 4.90 Å². The largest absolute Gasteiger partial charge is 0.465 e.